The van der Waals surface area contributed by atoms with E-state index in [0.717, 1.165) is 37.3 Å². The monoisotopic (exact) mass is 261 g/mol. The highest BCUT2D eigenvalue weighted by atomic mass is 15.2. The number of hydrogen-bond acceptors (Lipinski definition) is 3. The van der Waals surface area contributed by atoms with Crippen molar-refractivity contribution in [2.24, 2.45) is 5.92 Å². The van der Waals surface area contributed by atoms with E-state index >= 15 is 0 Å². The molecule has 1 saturated heterocycles. The highest BCUT2D eigenvalue weighted by Gasteiger charge is 2.27. The third-order valence-corrected chi connectivity index (χ3v) is 3.91. The van der Waals surface area contributed by atoms with Gasteiger partial charge >= 0.3 is 0 Å². The second-order valence-corrected chi connectivity index (χ2v) is 5.87. The smallest absolute Gasteiger partial charge is 0.126 e. The van der Waals surface area contributed by atoms with Crippen LogP contribution in [0.3, 0.4) is 0 Å². The molecular formula is C16H27N3. The predicted octanol–water partition coefficient (Wildman–Crippen LogP) is 3.52. The van der Waals surface area contributed by atoms with E-state index in [0.29, 0.717) is 0 Å². The molecule has 106 valence electrons. The van der Waals surface area contributed by atoms with Gasteiger partial charge in [0.15, 0.2) is 0 Å². The molecule has 1 atom stereocenters. The van der Waals surface area contributed by atoms with Crippen LogP contribution in [-0.4, -0.2) is 29.0 Å². The Hall–Kier alpha value is -1.09. The molecule has 1 N–H and O–H groups in total. The van der Waals surface area contributed by atoms with Crippen LogP contribution in [0.5, 0.6) is 0 Å². The molecule has 3 heteroatoms. The summed E-state index contributed by atoms with van der Waals surface area (Å²) in [5.41, 5.74) is 1.19. The summed E-state index contributed by atoms with van der Waals surface area (Å²) in [6, 6.07) is 7.05. The third kappa shape index (κ3) is 3.93. The van der Waals surface area contributed by atoms with Gasteiger partial charge in [0.25, 0.3) is 0 Å². The molecule has 0 saturated carbocycles. The fraction of sp³-hybridized carbons (Fsp3) is 0.688. The Labute approximate surface area is 117 Å². The average Bonchev–Trinajstić information content (AvgIpc) is 2.85. The van der Waals surface area contributed by atoms with E-state index < -0.39 is 0 Å². The van der Waals surface area contributed by atoms with Crippen LogP contribution in [0.1, 0.15) is 45.7 Å². The molecule has 1 aliphatic heterocycles. The Morgan fingerprint density at radius 1 is 1.42 bits per heavy atom. The van der Waals surface area contributed by atoms with E-state index in [1.54, 1.807) is 0 Å². The quantitative estimate of drug-likeness (QED) is 0.849. The molecule has 19 heavy (non-hydrogen) atoms. The number of anilines is 1. The minimum absolute atomic E-state index is 0.731. The summed E-state index contributed by atoms with van der Waals surface area (Å²) in [5, 5.41) is 3.36. The van der Waals surface area contributed by atoms with Gasteiger partial charge in [-0.05, 0) is 43.9 Å². The van der Waals surface area contributed by atoms with Gasteiger partial charge in [-0.2, -0.15) is 0 Å². The second kappa shape index (κ2) is 6.90. The zero-order valence-electron chi connectivity index (χ0n) is 12.5. The van der Waals surface area contributed by atoms with Gasteiger partial charge in [0.05, 0.1) is 5.69 Å². The summed E-state index contributed by atoms with van der Waals surface area (Å²) in [4.78, 5) is 7.31. The van der Waals surface area contributed by atoms with Crippen LogP contribution >= 0.6 is 0 Å². The Morgan fingerprint density at radius 2 is 2.26 bits per heavy atom. The number of pyridine rings is 1. The van der Waals surface area contributed by atoms with Crippen molar-refractivity contribution in [1.29, 1.82) is 0 Å². The number of rotatable bonds is 6. The SMILES string of the molecule is CCCNc1cccc(CN2CCCC2C(C)C)n1. The lowest BCUT2D eigenvalue weighted by molar-refractivity contribution is 0.197. The van der Waals surface area contributed by atoms with Gasteiger partial charge in [0.2, 0.25) is 0 Å². The molecule has 0 aliphatic carbocycles. The molecule has 1 unspecified atom stereocenters. The van der Waals surface area contributed by atoms with Crippen molar-refractivity contribution in [3.05, 3.63) is 23.9 Å². The summed E-state index contributed by atoms with van der Waals surface area (Å²) in [5.74, 6) is 1.75. The zero-order valence-corrected chi connectivity index (χ0v) is 12.5. The van der Waals surface area contributed by atoms with E-state index in [-0.39, 0.29) is 0 Å². The van der Waals surface area contributed by atoms with Gasteiger partial charge in [-0.1, -0.05) is 26.8 Å². The van der Waals surface area contributed by atoms with Crippen LogP contribution in [0.15, 0.2) is 18.2 Å². The molecule has 0 aromatic carbocycles. The van der Waals surface area contributed by atoms with Crippen molar-refractivity contribution < 1.29 is 0 Å². The Kier molecular flexibility index (Phi) is 5.20. The lowest BCUT2D eigenvalue weighted by atomic mass is 10.0. The highest BCUT2D eigenvalue weighted by molar-refractivity contribution is 5.35. The van der Waals surface area contributed by atoms with Crippen LogP contribution in [0.25, 0.3) is 0 Å². The van der Waals surface area contributed by atoms with Crippen molar-refractivity contribution in [1.82, 2.24) is 9.88 Å². The third-order valence-electron chi connectivity index (χ3n) is 3.91. The standard InChI is InChI=1S/C16H27N3/c1-4-10-17-16-9-5-7-14(18-16)12-19-11-6-8-15(19)13(2)3/h5,7,9,13,15H,4,6,8,10-12H2,1-3H3,(H,17,18). The molecule has 0 bridgehead atoms. The number of aromatic nitrogens is 1. The number of hydrogen-bond donors (Lipinski definition) is 1. The molecule has 0 radical (unpaired) electrons. The van der Waals surface area contributed by atoms with Crippen molar-refractivity contribution >= 4 is 5.82 Å². The van der Waals surface area contributed by atoms with Gasteiger partial charge in [-0.15, -0.1) is 0 Å². The largest absolute Gasteiger partial charge is 0.370 e. The molecule has 0 spiro atoms. The summed E-state index contributed by atoms with van der Waals surface area (Å²) >= 11 is 0. The van der Waals surface area contributed by atoms with Crippen LogP contribution < -0.4 is 5.32 Å². The van der Waals surface area contributed by atoms with Gasteiger partial charge in [0.1, 0.15) is 5.82 Å². The molecular weight excluding hydrogens is 234 g/mol. The maximum atomic E-state index is 4.71. The number of likely N-dealkylation sites (tertiary alicyclic amines) is 1. The van der Waals surface area contributed by atoms with Crippen LogP contribution in [0, 0.1) is 5.92 Å². The van der Waals surface area contributed by atoms with Crippen molar-refractivity contribution in [3.63, 3.8) is 0 Å². The Morgan fingerprint density at radius 3 is 3.00 bits per heavy atom. The van der Waals surface area contributed by atoms with Gasteiger partial charge in [-0.25, -0.2) is 4.98 Å². The molecule has 2 heterocycles. The minimum atomic E-state index is 0.731. The molecule has 0 amide bonds. The normalized spacial score (nSPS) is 20.1. The molecule has 1 aromatic rings. The molecule has 1 aromatic heterocycles. The summed E-state index contributed by atoms with van der Waals surface area (Å²) in [6.07, 6.45) is 3.80. The summed E-state index contributed by atoms with van der Waals surface area (Å²) < 4.78 is 0. The predicted molar refractivity (Wildman–Crippen MR) is 81.3 cm³/mol. The maximum absolute atomic E-state index is 4.71. The van der Waals surface area contributed by atoms with E-state index in [9.17, 15) is 0 Å². The lowest BCUT2D eigenvalue weighted by Crippen LogP contribution is -2.33. The van der Waals surface area contributed by atoms with E-state index in [1.807, 2.05) is 0 Å². The fourth-order valence-corrected chi connectivity index (χ4v) is 2.93. The molecule has 1 fully saturated rings. The lowest BCUT2D eigenvalue weighted by Gasteiger charge is -2.27. The van der Waals surface area contributed by atoms with Gasteiger partial charge in [0, 0.05) is 19.1 Å². The van der Waals surface area contributed by atoms with E-state index in [4.69, 9.17) is 4.98 Å². The van der Waals surface area contributed by atoms with E-state index in [2.05, 4.69) is 49.2 Å². The molecule has 3 nitrogen and oxygen atoms in total. The van der Waals surface area contributed by atoms with Crippen LogP contribution in [0.2, 0.25) is 0 Å². The van der Waals surface area contributed by atoms with Crippen LogP contribution in [0.4, 0.5) is 5.82 Å². The first-order chi connectivity index (χ1) is 9.20. The van der Waals surface area contributed by atoms with Crippen molar-refractivity contribution in [3.8, 4) is 0 Å². The summed E-state index contributed by atoms with van der Waals surface area (Å²) in [7, 11) is 0. The maximum Gasteiger partial charge on any atom is 0.126 e. The minimum Gasteiger partial charge on any atom is -0.370 e. The van der Waals surface area contributed by atoms with E-state index in [1.165, 1.54) is 25.1 Å². The van der Waals surface area contributed by atoms with Crippen LogP contribution in [-0.2, 0) is 6.54 Å². The van der Waals surface area contributed by atoms with Crippen molar-refractivity contribution in [2.75, 3.05) is 18.4 Å². The zero-order chi connectivity index (χ0) is 13.7. The Bertz CT molecular complexity index is 389. The number of nitrogens with zero attached hydrogens (tertiary/aromatic N) is 2. The first kappa shape index (κ1) is 14.3. The first-order valence-electron chi connectivity index (χ1n) is 7.64. The summed E-state index contributed by atoms with van der Waals surface area (Å²) in [6.45, 7) is 10.0. The fourth-order valence-electron chi connectivity index (χ4n) is 2.93. The van der Waals surface area contributed by atoms with Gasteiger partial charge < -0.3 is 5.32 Å². The Balaban J connectivity index is 1.98. The van der Waals surface area contributed by atoms with Crippen molar-refractivity contribution in [2.45, 2.75) is 52.6 Å². The topological polar surface area (TPSA) is 28.2 Å². The molecule has 1 aliphatic rings. The first-order valence-corrected chi connectivity index (χ1v) is 7.64. The average molecular weight is 261 g/mol. The number of nitrogens with one attached hydrogen (secondary N) is 1. The van der Waals surface area contributed by atoms with Gasteiger partial charge in [-0.3, -0.25) is 4.90 Å². The second-order valence-electron chi connectivity index (χ2n) is 5.87. The highest BCUT2D eigenvalue weighted by Crippen LogP contribution is 2.25. The molecule has 2 rings (SSSR count).